The van der Waals surface area contributed by atoms with Gasteiger partial charge in [0.1, 0.15) is 0 Å². The van der Waals surface area contributed by atoms with Crippen molar-refractivity contribution in [3.05, 3.63) is 181 Å². The van der Waals surface area contributed by atoms with Crippen LogP contribution < -0.4 is 0 Å². The molecule has 0 fully saturated rings. The molecule has 0 bridgehead atoms. The molecule has 0 aliphatic heterocycles. The molecule has 0 amide bonds. The molecule has 0 atom stereocenters. The fourth-order valence-electron chi connectivity index (χ4n) is 9.32. The lowest BCUT2D eigenvalue weighted by Gasteiger charge is -2.22. The average molecular weight is 647 g/mol. The van der Waals surface area contributed by atoms with Gasteiger partial charge in [-0.1, -0.05) is 153 Å². The maximum absolute atomic E-state index is 2.44. The Morgan fingerprint density at radius 3 is 1.88 bits per heavy atom. The van der Waals surface area contributed by atoms with Crippen LogP contribution in [0, 0.1) is 0 Å². The Kier molecular flexibility index (Phi) is 5.82. The van der Waals surface area contributed by atoms with E-state index >= 15 is 0 Å². The van der Waals surface area contributed by atoms with Gasteiger partial charge >= 0.3 is 0 Å². The summed E-state index contributed by atoms with van der Waals surface area (Å²) in [6.07, 6.45) is 0. The summed E-state index contributed by atoms with van der Waals surface area (Å²) in [4.78, 5) is 0. The van der Waals surface area contributed by atoms with Gasteiger partial charge in [-0.2, -0.15) is 0 Å². The smallest absolute Gasteiger partial charge is 0.0159 e. The minimum absolute atomic E-state index is 0.0268. The van der Waals surface area contributed by atoms with E-state index in [1.54, 1.807) is 0 Å². The second kappa shape index (κ2) is 10.4. The van der Waals surface area contributed by atoms with Gasteiger partial charge in [0.25, 0.3) is 0 Å². The minimum atomic E-state index is -0.0268. The summed E-state index contributed by atoms with van der Waals surface area (Å²) in [5.41, 5.74) is 18.4. The van der Waals surface area contributed by atoms with Crippen LogP contribution >= 0.6 is 0 Å². The van der Waals surface area contributed by atoms with E-state index in [9.17, 15) is 0 Å². The first-order valence-electron chi connectivity index (χ1n) is 18.0. The fraction of sp³-hybridized carbons (Fsp3) is 0.0588. The Hall–Kier alpha value is -6.24. The Labute approximate surface area is 298 Å². The van der Waals surface area contributed by atoms with Crippen LogP contribution in [0.4, 0.5) is 0 Å². The van der Waals surface area contributed by atoms with Crippen LogP contribution in [0.25, 0.3) is 99.1 Å². The van der Waals surface area contributed by atoms with Crippen molar-refractivity contribution in [1.82, 2.24) is 0 Å². The van der Waals surface area contributed by atoms with E-state index in [-0.39, 0.29) is 5.41 Å². The Bertz CT molecular complexity index is 2920. The Morgan fingerprint density at radius 2 is 1.00 bits per heavy atom. The van der Waals surface area contributed by atoms with E-state index in [2.05, 4.69) is 184 Å². The molecule has 51 heavy (non-hydrogen) atoms. The molecule has 0 N–H and O–H groups in total. The molecule has 0 spiro atoms. The summed E-state index contributed by atoms with van der Waals surface area (Å²) >= 11 is 0. The molecule has 2 aliphatic rings. The van der Waals surface area contributed by atoms with Crippen molar-refractivity contribution < 1.29 is 0 Å². The Balaban J connectivity index is 1.14. The maximum Gasteiger partial charge on any atom is 0.0159 e. The first-order valence-corrected chi connectivity index (χ1v) is 18.0. The van der Waals surface area contributed by atoms with Crippen LogP contribution in [0.2, 0.25) is 0 Å². The number of fused-ring (bicyclic) bond motifs is 8. The summed E-state index contributed by atoms with van der Waals surface area (Å²) in [7, 11) is 0. The first kappa shape index (κ1) is 28.6. The number of rotatable bonds is 3. The molecule has 238 valence electrons. The number of hydrogen-bond donors (Lipinski definition) is 0. The van der Waals surface area contributed by atoms with Gasteiger partial charge in [-0.05, 0) is 141 Å². The topological polar surface area (TPSA) is 0 Å². The molecule has 0 aromatic heterocycles. The van der Waals surface area contributed by atoms with Gasteiger partial charge in [-0.25, -0.2) is 0 Å². The van der Waals surface area contributed by atoms with E-state index in [4.69, 9.17) is 0 Å². The van der Waals surface area contributed by atoms with Gasteiger partial charge < -0.3 is 0 Å². The van der Waals surface area contributed by atoms with E-state index < -0.39 is 0 Å². The maximum atomic E-state index is 2.44. The summed E-state index contributed by atoms with van der Waals surface area (Å²) < 4.78 is 0. The molecular formula is C51H34. The van der Waals surface area contributed by atoms with Crippen LogP contribution in [0.15, 0.2) is 170 Å². The van der Waals surface area contributed by atoms with E-state index in [1.807, 2.05) is 0 Å². The van der Waals surface area contributed by atoms with Crippen LogP contribution in [0.3, 0.4) is 0 Å². The summed E-state index contributed by atoms with van der Waals surface area (Å²) in [6.45, 7) is 4.72. The highest BCUT2D eigenvalue weighted by atomic mass is 14.4. The van der Waals surface area contributed by atoms with E-state index in [1.165, 1.54) is 110 Å². The van der Waals surface area contributed by atoms with Gasteiger partial charge in [-0.3, -0.25) is 0 Å². The van der Waals surface area contributed by atoms with Gasteiger partial charge in [0.05, 0.1) is 0 Å². The predicted molar refractivity (Wildman–Crippen MR) is 217 cm³/mol. The van der Waals surface area contributed by atoms with Gasteiger partial charge in [0.15, 0.2) is 0 Å². The highest BCUT2D eigenvalue weighted by Gasteiger charge is 2.35. The molecule has 0 saturated carbocycles. The van der Waals surface area contributed by atoms with Gasteiger partial charge in [-0.15, -0.1) is 0 Å². The van der Waals surface area contributed by atoms with Crippen molar-refractivity contribution in [2.24, 2.45) is 0 Å². The zero-order valence-corrected chi connectivity index (χ0v) is 28.7. The standard InChI is InChI=1S/C51H34/c1-51(2)46-21-9-8-18-39(46)44-28-35-23-22-33(26-37(35)30-47(44)51)34-24-25-41(43(27-34)31-12-4-3-5-13-31)49-38-17-7-6-14-36(38)29-45-40-19-10-15-32-16-11-20-42(48(32)40)50(45)49/h3-30H,1-2H3. The molecule has 0 heterocycles. The van der Waals surface area contributed by atoms with Crippen molar-refractivity contribution in [1.29, 1.82) is 0 Å². The van der Waals surface area contributed by atoms with Crippen molar-refractivity contribution in [2.45, 2.75) is 19.3 Å². The predicted octanol–water partition coefficient (Wildman–Crippen LogP) is 14.1. The lowest BCUT2D eigenvalue weighted by atomic mass is 9.81. The van der Waals surface area contributed by atoms with Crippen LogP contribution in [0.1, 0.15) is 25.0 Å². The van der Waals surface area contributed by atoms with Crippen molar-refractivity contribution >= 4 is 32.3 Å². The van der Waals surface area contributed by atoms with Crippen LogP contribution in [-0.4, -0.2) is 0 Å². The second-order valence-electron chi connectivity index (χ2n) is 14.9. The molecule has 0 unspecified atom stereocenters. The van der Waals surface area contributed by atoms with Gasteiger partial charge in [0.2, 0.25) is 0 Å². The molecule has 0 saturated heterocycles. The number of hydrogen-bond acceptors (Lipinski definition) is 0. The first-order chi connectivity index (χ1) is 25.0. The molecule has 9 aromatic carbocycles. The molecule has 9 aromatic rings. The lowest BCUT2D eigenvalue weighted by molar-refractivity contribution is 0.661. The lowest BCUT2D eigenvalue weighted by Crippen LogP contribution is -2.14. The van der Waals surface area contributed by atoms with Crippen molar-refractivity contribution in [3.8, 4) is 66.8 Å². The van der Waals surface area contributed by atoms with E-state index in [0.717, 1.165) is 0 Å². The molecule has 0 heteroatoms. The van der Waals surface area contributed by atoms with Crippen LogP contribution in [0.5, 0.6) is 0 Å². The third kappa shape index (κ3) is 4.02. The van der Waals surface area contributed by atoms with Crippen molar-refractivity contribution in [3.63, 3.8) is 0 Å². The van der Waals surface area contributed by atoms with Crippen molar-refractivity contribution in [2.75, 3.05) is 0 Å². The highest BCUT2D eigenvalue weighted by Crippen LogP contribution is 2.55. The molecule has 11 rings (SSSR count). The zero-order valence-electron chi connectivity index (χ0n) is 28.7. The van der Waals surface area contributed by atoms with Gasteiger partial charge in [0, 0.05) is 5.41 Å². The summed E-state index contributed by atoms with van der Waals surface area (Å²) in [6, 6.07) is 63.7. The average Bonchev–Trinajstić information content (AvgIpc) is 3.61. The largest absolute Gasteiger partial charge is 0.0622 e. The highest BCUT2D eigenvalue weighted by molar-refractivity contribution is 6.23. The second-order valence-corrected chi connectivity index (χ2v) is 14.9. The fourth-order valence-corrected chi connectivity index (χ4v) is 9.32. The normalized spacial score (nSPS) is 13.5. The molecule has 0 nitrogen and oxygen atoms in total. The minimum Gasteiger partial charge on any atom is -0.0622 e. The van der Waals surface area contributed by atoms with E-state index in [0.29, 0.717) is 0 Å². The third-order valence-electron chi connectivity index (χ3n) is 11.8. The third-order valence-corrected chi connectivity index (χ3v) is 11.8. The quantitative estimate of drug-likeness (QED) is 0.179. The van der Waals surface area contributed by atoms with Crippen LogP contribution in [-0.2, 0) is 5.41 Å². The summed E-state index contributed by atoms with van der Waals surface area (Å²) in [5, 5.41) is 7.78. The molecular weight excluding hydrogens is 613 g/mol. The zero-order chi connectivity index (χ0) is 33.8. The number of benzene rings is 9. The summed E-state index contributed by atoms with van der Waals surface area (Å²) in [5.74, 6) is 0. The SMILES string of the molecule is CC1(C)c2ccccc2-c2cc3ccc(-c4ccc(-c5c6c(cc7ccccc57)-c5cccc7cccc-6c57)c(-c5ccccc5)c4)cc3cc21. The Morgan fingerprint density at radius 1 is 0.314 bits per heavy atom. The molecule has 2 aliphatic carbocycles. The molecule has 0 radical (unpaired) electrons. The monoisotopic (exact) mass is 646 g/mol.